The number of benzene rings is 3. The first-order valence-corrected chi connectivity index (χ1v) is 12.3. The summed E-state index contributed by atoms with van der Waals surface area (Å²) in [4.78, 5) is 14.9. The van der Waals surface area contributed by atoms with Crippen LogP contribution in [0, 0.1) is 0 Å². The van der Waals surface area contributed by atoms with Gasteiger partial charge in [0.2, 0.25) is 0 Å². The predicted octanol–water partition coefficient (Wildman–Crippen LogP) is 3.48. The van der Waals surface area contributed by atoms with Gasteiger partial charge in [0.25, 0.3) is 5.91 Å². The van der Waals surface area contributed by atoms with Gasteiger partial charge in [-0.3, -0.25) is 9.69 Å². The number of fused-ring (bicyclic) bond motifs is 2. The predicted molar refractivity (Wildman–Crippen MR) is 139 cm³/mol. The molecule has 1 amide bonds. The van der Waals surface area contributed by atoms with E-state index in [4.69, 9.17) is 9.47 Å². The third-order valence-electron chi connectivity index (χ3n) is 6.78. The van der Waals surface area contributed by atoms with Gasteiger partial charge in [0, 0.05) is 56.7 Å². The summed E-state index contributed by atoms with van der Waals surface area (Å²) in [5, 5.41) is 14.3. The first-order valence-electron chi connectivity index (χ1n) is 12.3. The molecule has 0 radical (unpaired) electrons. The standard InChI is InChI=1S/C28H31N5O3/c1-35-22-10-7-21(8-11-22)28(34)29-15-13-26-30-31-27-14-16-32(17-18-33(26)27)19-24-23-6-4-3-5-20(23)9-12-25(24)36-2/h3-12H,13-19H2,1-2H3,(H,29,34). The molecule has 0 saturated carbocycles. The van der Waals surface area contributed by atoms with Crippen molar-refractivity contribution in [2.75, 3.05) is 33.9 Å². The normalized spacial score (nSPS) is 13.7. The van der Waals surface area contributed by atoms with Gasteiger partial charge < -0.3 is 19.4 Å². The van der Waals surface area contributed by atoms with Gasteiger partial charge in [0.15, 0.2) is 0 Å². The van der Waals surface area contributed by atoms with Crippen LogP contribution >= 0.6 is 0 Å². The van der Waals surface area contributed by atoms with Gasteiger partial charge in [0.1, 0.15) is 23.1 Å². The van der Waals surface area contributed by atoms with Crippen LogP contribution in [0.3, 0.4) is 0 Å². The lowest BCUT2D eigenvalue weighted by molar-refractivity contribution is 0.0954. The lowest BCUT2D eigenvalue weighted by atomic mass is 10.0. The van der Waals surface area contributed by atoms with Crippen LogP contribution in [0.5, 0.6) is 11.5 Å². The maximum atomic E-state index is 12.5. The smallest absolute Gasteiger partial charge is 0.251 e. The van der Waals surface area contributed by atoms with E-state index in [0.717, 1.165) is 55.7 Å². The summed E-state index contributed by atoms with van der Waals surface area (Å²) in [6.07, 6.45) is 1.46. The van der Waals surface area contributed by atoms with Gasteiger partial charge in [-0.2, -0.15) is 0 Å². The van der Waals surface area contributed by atoms with Gasteiger partial charge in [-0.1, -0.05) is 30.3 Å². The number of ether oxygens (including phenoxy) is 2. The number of hydrogen-bond donors (Lipinski definition) is 1. The Kier molecular flexibility index (Phi) is 7.13. The number of nitrogens with zero attached hydrogens (tertiary/aromatic N) is 4. The fourth-order valence-corrected chi connectivity index (χ4v) is 4.80. The topological polar surface area (TPSA) is 81.5 Å². The van der Waals surface area contributed by atoms with E-state index < -0.39 is 0 Å². The van der Waals surface area contributed by atoms with Crippen LogP contribution < -0.4 is 14.8 Å². The van der Waals surface area contributed by atoms with Crippen LogP contribution in [0.25, 0.3) is 10.8 Å². The number of aromatic nitrogens is 3. The minimum atomic E-state index is -0.108. The Morgan fingerprint density at radius 1 is 0.944 bits per heavy atom. The van der Waals surface area contributed by atoms with Gasteiger partial charge in [-0.05, 0) is 41.1 Å². The molecule has 5 rings (SSSR count). The van der Waals surface area contributed by atoms with E-state index in [1.54, 1.807) is 38.5 Å². The number of nitrogens with one attached hydrogen (secondary N) is 1. The van der Waals surface area contributed by atoms with Crippen molar-refractivity contribution in [3.05, 3.63) is 83.4 Å². The Bertz CT molecular complexity index is 1350. The second-order valence-electron chi connectivity index (χ2n) is 8.91. The highest BCUT2D eigenvalue weighted by Gasteiger charge is 2.20. The zero-order chi connectivity index (χ0) is 24.9. The minimum absolute atomic E-state index is 0.108. The van der Waals surface area contributed by atoms with E-state index in [1.807, 2.05) is 0 Å². The first kappa shape index (κ1) is 23.8. The number of rotatable bonds is 8. The molecule has 0 unspecified atom stereocenters. The molecule has 3 aromatic carbocycles. The molecule has 0 aliphatic carbocycles. The number of carbonyl (C=O) groups is 1. The average Bonchev–Trinajstić information content (AvgIpc) is 3.19. The SMILES string of the molecule is COc1ccc(C(=O)NCCc2nnc3n2CCN(Cc2c(OC)ccc4ccccc24)CC3)cc1. The monoisotopic (exact) mass is 485 g/mol. The molecule has 4 aromatic rings. The second kappa shape index (κ2) is 10.8. The van der Waals surface area contributed by atoms with Crippen molar-refractivity contribution in [3.8, 4) is 11.5 Å². The lowest BCUT2D eigenvalue weighted by Gasteiger charge is -2.22. The van der Waals surface area contributed by atoms with Crippen molar-refractivity contribution in [2.24, 2.45) is 0 Å². The number of amides is 1. The fourth-order valence-electron chi connectivity index (χ4n) is 4.80. The van der Waals surface area contributed by atoms with Gasteiger partial charge >= 0.3 is 0 Å². The molecule has 0 atom stereocenters. The van der Waals surface area contributed by atoms with Gasteiger partial charge in [0.05, 0.1) is 14.2 Å². The first-order chi connectivity index (χ1) is 17.7. The fraction of sp³-hybridized carbons (Fsp3) is 0.321. The second-order valence-corrected chi connectivity index (χ2v) is 8.91. The molecule has 8 nitrogen and oxygen atoms in total. The highest BCUT2D eigenvalue weighted by Crippen LogP contribution is 2.29. The van der Waals surface area contributed by atoms with E-state index in [1.165, 1.54) is 16.3 Å². The van der Waals surface area contributed by atoms with E-state index in [0.29, 0.717) is 18.5 Å². The molecule has 8 heteroatoms. The van der Waals surface area contributed by atoms with Gasteiger partial charge in [-0.25, -0.2) is 0 Å². The maximum Gasteiger partial charge on any atom is 0.251 e. The number of hydrogen-bond acceptors (Lipinski definition) is 6. The molecular weight excluding hydrogens is 454 g/mol. The summed E-state index contributed by atoms with van der Waals surface area (Å²) in [7, 11) is 3.34. The number of methoxy groups -OCH3 is 2. The highest BCUT2D eigenvalue weighted by molar-refractivity contribution is 5.94. The zero-order valence-electron chi connectivity index (χ0n) is 20.7. The summed E-state index contributed by atoms with van der Waals surface area (Å²) in [5.74, 6) is 3.45. The summed E-state index contributed by atoms with van der Waals surface area (Å²) in [5.41, 5.74) is 1.82. The molecule has 0 fully saturated rings. The largest absolute Gasteiger partial charge is 0.497 e. The molecule has 1 N–H and O–H groups in total. The zero-order valence-corrected chi connectivity index (χ0v) is 20.7. The van der Waals surface area contributed by atoms with Crippen LogP contribution in [0.1, 0.15) is 27.6 Å². The summed E-state index contributed by atoms with van der Waals surface area (Å²) < 4.78 is 13.1. The Labute approximate surface area is 210 Å². The van der Waals surface area contributed by atoms with E-state index in [9.17, 15) is 4.79 Å². The molecule has 2 heterocycles. The summed E-state index contributed by atoms with van der Waals surface area (Å²) >= 11 is 0. The molecule has 1 aromatic heterocycles. The quantitative estimate of drug-likeness (QED) is 0.412. The molecule has 186 valence electrons. The van der Waals surface area contributed by atoms with Crippen molar-refractivity contribution in [1.82, 2.24) is 25.0 Å². The van der Waals surface area contributed by atoms with E-state index in [2.05, 4.69) is 61.4 Å². The molecule has 36 heavy (non-hydrogen) atoms. The van der Waals surface area contributed by atoms with Crippen LogP contribution in [0.4, 0.5) is 0 Å². The van der Waals surface area contributed by atoms with Crippen molar-refractivity contribution in [1.29, 1.82) is 0 Å². The summed E-state index contributed by atoms with van der Waals surface area (Å²) in [6, 6.07) is 19.7. The molecule has 0 spiro atoms. The lowest BCUT2D eigenvalue weighted by Crippen LogP contribution is -2.28. The van der Waals surface area contributed by atoms with Crippen LogP contribution in [-0.4, -0.2) is 59.4 Å². The Hall–Kier alpha value is -3.91. The highest BCUT2D eigenvalue weighted by atomic mass is 16.5. The minimum Gasteiger partial charge on any atom is -0.497 e. The van der Waals surface area contributed by atoms with Crippen LogP contribution in [-0.2, 0) is 25.9 Å². The third-order valence-corrected chi connectivity index (χ3v) is 6.78. The third kappa shape index (κ3) is 5.04. The maximum absolute atomic E-state index is 12.5. The molecule has 1 aliphatic heterocycles. The Morgan fingerprint density at radius 3 is 2.58 bits per heavy atom. The van der Waals surface area contributed by atoms with Crippen LogP contribution in [0.2, 0.25) is 0 Å². The van der Waals surface area contributed by atoms with Crippen molar-refractivity contribution < 1.29 is 14.3 Å². The van der Waals surface area contributed by atoms with Crippen LogP contribution in [0.15, 0.2) is 60.7 Å². The molecule has 0 bridgehead atoms. The van der Waals surface area contributed by atoms with E-state index >= 15 is 0 Å². The van der Waals surface area contributed by atoms with Crippen molar-refractivity contribution in [3.63, 3.8) is 0 Å². The molecule has 0 saturated heterocycles. The molecular formula is C28H31N5O3. The number of carbonyl (C=O) groups excluding carboxylic acids is 1. The van der Waals surface area contributed by atoms with E-state index in [-0.39, 0.29) is 5.91 Å². The van der Waals surface area contributed by atoms with Crippen molar-refractivity contribution in [2.45, 2.75) is 25.9 Å². The van der Waals surface area contributed by atoms with Gasteiger partial charge in [-0.15, -0.1) is 10.2 Å². The Balaban J connectivity index is 1.21. The summed E-state index contributed by atoms with van der Waals surface area (Å²) in [6.45, 7) is 3.93. The average molecular weight is 486 g/mol. The molecule has 1 aliphatic rings. The van der Waals surface area contributed by atoms with Crippen molar-refractivity contribution >= 4 is 16.7 Å². The Morgan fingerprint density at radius 2 is 1.78 bits per heavy atom.